The molecule has 60 heavy (non-hydrogen) atoms. The zero-order valence-electron chi connectivity index (χ0n) is 36.5. The number of fused-ring (bicyclic) bond motifs is 8. The molecule has 8 bridgehead atoms. The van der Waals surface area contributed by atoms with Crippen molar-refractivity contribution in [2.24, 2.45) is 0 Å². The summed E-state index contributed by atoms with van der Waals surface area (Å²) in [5, 5.41) is 6.04. The molecule has 2 amide bonds. The maximum atomic E-state index is 13.0. The Kier molecular flexibility index (Phi) is 12.1. The van der Waals surface area contributed by atoms with E-state index >= 15 is 0 Å². The molecule has 4 N–H and O–H groups in total. The second kappa shape index (κ2) is 17.4. The van der Waals surface area contributed by atoms with Gasteiger partial charge in [-0.25, -0.2) is 19.6 Å². The fourth-order valence-corrected chi connectivity index (χ4v) is 9.01. The van der Waals surface area contributed by atoms with Gasteiger partial charge in [0, 0.05) is 33.3 Å². The van der Waals surface area contributed by atoms with Crippen molar-refractivity contribution in [2.75, 3.05) is 23.8 Å². The van der Waals surface area contributed by atoms with Gasteiger partial charge in [-0.1, -0.05) is 64.1 Å². The molecule has 0 saturated heterocycles. The summed E-state index contributed by atoms with van der Waals surface area (Å²) in [6, 6.07) is 20.1. The lowest BCUT2D eigenvalue weighted by atomic mass is 9.94. The highest BCUT2D eigenvalue weighted by Crippen LogP contribution is 2.45. The van der Waals surface area contributed by atoms with Crippen LogP contribution in [0.1, 0.15) is 113 Å². The van der Waals surface area contributed by atoms with Crippen molar-refractivity contribution in [1.29, 1.82) is 0 Å². The zero-order valence-corrected chi connectivity index (χ0v) is 36.5. The number of nitrogens with zero attached hydrogens (tertiary/aromatic N) is 2. The molecule has 2 aliphatic heterocycles. The van der Waals surface area contributed by atoms with E-state index in [0.717, 1.165) is 126 Å². The Hall–Kier alpha value is -6.42. The normalized spacial score (nSPS) is 12.6. The third kappa shape index (κ3) is 7.40. The number of hydrogen-bond acceptors (Lipinski definition) is 6. The molecule has 0 fully saturated rings. The van der Waals surface area contributed by atoms with Gasteiger partial charge in [-0.05, 0) is 136 Å². The van der Waals surface area contributed by atoms with Crippen LogP contribution in [0.25, 0.3) is 66.6 Å². The summed E-state index contributed by atoms with van der Waals surface area (Å²) in [7, 11) is 0. The highest BCUT2D eigenvalue weighted by molar-refractivity contribution is 6.07. The van der Waals surface area contributed by atoms with E-state index in [9.17, 15) is 9.59 Å². The number of H-pyrrole nitrogens is 2. The molecule has 10 heteroatoms. The number of benzene rings is 2. The first-order valence-corrected chi connectivity index (χ1v) is 21.3. The molecular weight excluding hydrogens is 749 g/mol. The highest BCUT2D eigenvalue weighted by atomic mass is 16.6. The smallest absolute Gasteiger partial charge is 0.411 e. The Morgan fingerprint density at radius 2 is 0.950 bits per heavy atom. The van der Waals surface area contributed by atoms with E-state index in [1.54, 1.807) is 13.8 Å². The molecular formula is C50H56N6O4. The average molecular weight is 805 g/mol. The summed E-state index contributed by atoms with van der Waals surface area (Å²) < 4.78 is 10.7. The summed E-state index contributed by atoms with van der Waals surface area (Å²) in [5.74, 6) is 0. The van der Waals surface area contributed by atoms with Crippen molar-refractivity contribution in [3.05, 3.63) is 106 Å². The van der Waals surface area contributed by atoms with Gasteiger partial charge < -0.3 is 19.4 Å². The topological polar surface area (TPSA) is 134 Å². The molecule has 0 spiro atoms. The first-order valence-electron chi connectivity index (χ1n) is 21.3. The Balaban J connectivity index is 1.72. The molecule has 0 unspecified atom stereocenters. The van der Waals surface area contributed by atoms with E-state index in [2.05, 4.69) is 88.1 Å². The van der Waals surface area contributed by atoms with Crippen molar-refractivity contribution >= 4 is 67.9 Å². The van der Waals surface area contributed by atoms with Crippen molar-refractivity contribution in [1.82, 2.24) is 19.9 Å². The number of hydrogen-bond donors (Lipinski definition) is 4. The molecule has 5 aromatic rings. The van der Waals surface area contributed by atoms with Crippen molar-refractivity contribution < 1.29 is 19.1 Å². The number of rotatable bonds is 10. The minimum absolute atomic E-state index is 0.258. The van der Waals surface area contributed by atoms with Gasteiger partial charge in [0.2, 0.25) is 0 Å². The molecule has 0 atom stereocenters. The number of allylic oxidation sites excluding steroid dienone is 4. The molecule has 0 aliphatic carbocycles. The number of para-hydroxylation sites is 2. The van der Waals surface area contributed by atoms with Gasteiger partial charge in [0.25, 0.3) is 0 Å². The van der Waals surface area contributed by atoms with Gasteiger partial charge in [-0.2, -0.15) is 0 Å². The summed E-state index contributed by atoms with van der Waals surface area (Å²) in [6.07, 6.45) is 2.06. The van der Waals surface area contributed by atoms with E-state index in [4.69, 9.17) is 19.4 Å². The van der Waals surface area contributed by atoms with Crippen LogP contribution in [0.5, 0.6) is 0 Å². The lowest BCUT2D eigenvalue weighted by molar-refractivity contribution is 0.167. The minimum Gasteiger partial charge on any atom is -0.450 e. The SMILES string of the molecule is CCOC(=O)Nc1ccccc1-c1c2nc(cc3[nH]c(c(C)c3CC)c(-c3ccccc3NC(=O)OCC)c3nc(cc4[nH]c1c(C)c4CC)C(CC)=C3C)C(CC)=C2C. The molecule has 5 heterocycles. The number of anilines is 2. The second-order valence-electron chi connectivity index (χ2n) is 15.2. The Bertz CT molecular complexity index is 2580. The predicted molar refractivity (Wildman–Crippen MR) is 247 cm³/mol. The van der Waals surface area contributed by atoms with Crippen molar-refractivity contribution in [3.8, 4) is 22.3 Å². The van der Waals surface area contributed by atoms with Crippen LogP contribution in [0, 0.1) is 13.8 Å². The Labute approximate surface area is 352 Å². The standard InChI is InChI=1S/C50H56N6O4/c1-11-31-27(7)45-43(35-21-17-19-23-37(35)55-49(57)59-15-5)46-29(9)33(13-3)41(53-46)26-42-34(14-4)30(10)48(54-42)44(36-22-18-20-24-38(36)56-50(58)60-16-6)47-28(8)32(12-2)40(52-47)25-39(31)51-45/h17-26,51,54H,11-16H2,1-10H3,(H,55,57)(H,56,58). The summed E-state index contributed by atoms with van der Waals surface area (Å²) in [4.78, 5) is 44.7. The maximum absolute atomic E-state index is 13.0. The fourth-order valence-electron chi connectivity index (χ4n) is 9.01. The number of carbonyl (C=O) groups is 2. The van der Waals surface area contributed by atoms with Crippen LogP contribution >= 0.6 is 0 Å². The van der Waals surface area contributed by atoms with Crippen LogP contribution in [-0.2, 0) is 22.3 Å². The van der Waals surface area contributed by atoms with E-state index in [0.29, 0.717) is 11.4 Å². The number of nitrogens with one attached hydrogen (secondary N) is 4. The van der Waals surface area contributed by atoms with Gasteiger partial charge in [0.15, 0.2) is 0 Å². The number of carbonyl (C=O) groups excluding carboxylic acids is 2. The van der Waals surface area contributed by atoms with Gasteiger partial charge >= 0.3 is 12.2 Å². The molecule has 3 aromatic heterocycles. The van der Waals surface area contributed by atoms with Crippen molar-refractivity contribution in [3.63, 3.8) is 0 Å². The number of amides is 2. The predicted octanol–water partition coefficient (Wildman–Crippen LogP) is 13.2. The lowest BCUT2D eigenvalue weighted by Crippen LogP contribution is -2.14. The first kappa shape index (κ1) is 41.7. The zero-order chi connectivity index (χ0) is 42.8. The monoisotopic (exact) mass is 804 g/mol. The average Bonchev–Trinajstić information content (AvgIpc) is 3.92. The molecule has 0 radical (unpaired) electrons. The summed E-state index contributed by atoms with van der Waals surface area (Å²) in [5.41, 5.74) is 20.9. The summed E-state index contributed by atoms with van der Waals surface area (Å²) >= 11 is 0. The quantitative estimate of drug-likeness (QED) is 0.111. The minimum atomic E-state index is -0.512. The van der Waals surface area contributed by atoms with E-state index in [-0.39, 0.29) is 13.2 Å². The molecule has 310 valence electrons. The third-order valence-electron chi connectivity index (χ3n) is 11.9. The van der Waals surface area contributed by atoms with Crippen LogP contribution in [0.2, 0.25) is 0 Å². The van der Waals surface area contributed by atoms with Crippen LogP contribution in [0.15, 0.2) is 60.7 Å². The van der Waals surface area contributed by atoms with Crippen LogP contribution in [-0.4, -0.2) is 45.3 Å². The van der Waals surface area contributed by atoms with Crippen LogP contribution in [0.3, 0.4) is 0 Å². The molecule has 7 rings (SSSR count). The van der Waals surface area contributed by atoms with Gasteiger partial charge in [0.05, 0.1) is 58.4 Å². The largest absolute Gasteiger partial charge is 0.450 e. The second-order valence-corrected chi connectivity index (χ2v) is 15.2. The third-order valence-corrected chi connectivity index (χ3v) is 11.9. The van der Waals surface area contributed by atoms with E-state index < -0.39 is 12.2 Å². The molecule has 0 saturated carbocycles. The maximum Gasteiger partial charge on any atom is 0.411 e. The van der Waals surface area contributed by atoms with E-state index in [1.807, 2.05) is 48.5 Å². The Morgan fingerprint density at radius 3 is 1.30 bits per heavy atom. The number of aromatic nitrogens is 4. The summed E-state index contributed by atoms with van der Waals surface area (Å²) in [6.45, 7) is 21.4. The van der Waals surface area contributed by atoms with Crippen LogP contribution in [0.4, 0.5) is 21.0 Å². The van der Waals surface area contributed by atoms with E-state index in [1.165, 1.54) is 11.1 Å². The van der Waals surface area contributed by atoms with Crippen LogP contribution < -0.4 is 10.6 Å². The Morgan fingerprint density at radius 1 is 0.567 bits per heavy atom. The number of aryl methyl sites for hydroxylation is 4. The molecule has 2 aliphatic rings. The number of ether oxygens (including phenoxy) is 2. The van der Waals surface area contributed by atoms with Gasteiger partial charge in [0.1, 0.15) is 0 Å². The lowest BCUT2D eigenvalue weighted by Gasteiger charge is -2.14. The molecule has 2 aromatic carbocycles. The fraction of sp³-hybridized carbons (Fsp3) is 0.320. The van der Waals surface area contributed by atoms with Gasteiger partial charge in [-0.15, -0.1) is 0 Å². The first-order chi connectivity index (χ1) is 29.0. The highest BCUT2D eigenvalue weighted by Gasteiger charge is 2.27. The number of aromatic amines is 2. The molecule has 10 nitrogen and oxygen atoms in total. The van der Waals surface area contributed by atoms with Gasteiger partial charge in [-0.3, -0.25) is 10.6 Å². The van der Waals surface area contributed by atoms with Crippen molar-refractivity contribution in [2.45, 2.75) is 94.9 Å².